The molecule has 0 radical (unpaired) electrons. The van der Waals surface area contributed by atoms with E-state index in [0.29, 0.717) is 0 Å². The summed E-state index contributed by atoms with van der Waals surface area (Å²) >= 11 is 4.12. The molecule has 0 aliphatic heterocycles. The quantitative estimate of drug-likeness (QED) is 0.590. The first-order valence-corrected chi connectivity index (χ1v) is 5.34. The SMILES string of the molecule is Cc1ccc(OC(=S)C(C(F)(F)F)C(F)(F)F)cc1. The molecule has 0 saturated carbocycles. The molecule has 0 aliphatic carbocycles. The Morgan fingerprint density at radius 2 is 1.42 bits per heavy atom. The number of ether oxygens (including phenoxy) is 1. The molecule has 8 heteroatoms. The van der Waals surface area contributed by atoms with Gasteiger partial charge in [0.15, 0.2) is 5.05 Å². The number of aryl methyl sites for hydroxylation is 1. The van der Waals surface area contributed by atoms with Gasteiger partial charge in [0.25, 0.3) is 0 Å². The Morgan fingerprint density at radius 1 is 1.00 bits per heavy atom. The normalized spacial score (nSPS) is 12.6. The van der Waals surface area contributed by atoms with Crippen LogP contribution in [-0.4, -0.2) is 17.4 Å². The highest BCUT2D eigenvalue weighted by atomic mass is 32.1. The summed E-state index contributed by atoms with van der Waals surface area (Å²) in [5.74, 6) is -3.95. The first-order chi connectivity index (χ1) is 8.51. The highest BCUT2D eigenvalue weighted by molar-refractivity contribution is 7.80. The highest BCUT2D eigenvalue weighted by Gasteiger charge is 2.60. The fourth-order valence-electron chi connectivity index (χ4n) is 1.23. The monoisotopic (exact) mass is 302 g/mol. The molecule has 0 unspecified atom stereocenters. The van der Waals surface area contributed by atoms with E-state index < -0.39 is 23.3 Å². The van der Waals surface area contributed by atoms with Gasteiger partial charge >= 0.3 is 12.4 Å². The first-order valence-electron chi connectivity index (χ1n) is 4.93. The molecular weight excluding hydrogens is 294 g/mol. The van der Waals surface area contributed by atoms with Crippen LogP contribution in [0.25, 0.3) is 0 Å². The smallest absolute Gasteiger partial charge is 0.408 e. The minimum Gasteiger partial charge on any atom is -0.449 e. The van der Waals surface area contributed by atoms with E-state index in [0.717, 1.165) is 5.56 Å². The van der Waals surface area contributed by atoms with E-state index in [9.17, 15) is 26.3 Å². The number of alkyl halides is 6. The molecule has 1 rings (SSSR count). The molecule has 0 saturated heterocycles. The Labute approximate surface area is 110 Å². The van der Waals surface area contributed by atoms with Crippen molar-refractivity contribution in [3.8, 4) is 5.75 Å². The maximum absolute atomic E-state index is 12.3. The Balaban J connectivity index is 2.93. The fraction of sp³-hybridized carbons (Fsp3) is 0.364. The Morgan fingerprint density at radius 3 is 1.79 bits per heavy atom. The van der Waals surface area contributed by atoms with Gasteiger partial charge in [0.1, 0.15) is 5.75 Å². The second kappa shape index (κ2) is 5.36. The van der Waals surface area contributed by atoms with Gasteiger partial charge < -0.3 is 4.74 Å². The van der Waals surface area contributed by atoms with E-state index in [2.05, 4.69) is 17.0 Å². The van der Waals surface area contributed by atoms with Gasteiger partial charge in [-0.05, 0) is 31.3 Å². The van der Waals surface area contributed by atoms with Crippen LogP contribution in [0.3, 0.4) is 0 Å². The minimum absolute atomic E-state index is 0.172. The van der Waals surface area contributed by atoms with Crippen LogP contribution in [0.15, 0.2) is 24.3 Å². The third-order valence-electron chi connectivity index (χ3n) is 2.13. The van der Waals surface area contributed by atoms with Gasteiger partial charge in [-0.25, -0.2) is 0 Å². The molecule has 1 aromatic rings. The van der Waals surface area contributed by atoms with Gasteiger partial charge in [-0.3, -0.25) is 0 Å². The second-order valence-corrected chi connectivity index (χ2v) is 4.15. The summed E-state index contributed by atoms with van der Waals surface area (Å²) < 4.78 is 78.6. The van der Waals surface area contributed by atoms with Crippen molar-refractivity contribution in [2.24, 2.45) is 5.92 Å². The van der Waals surface area contributed by atoms with Crippen LogP contribution >= 0.6 is 12.2 Å². The molecule has 19 heavy (non-hydrogen) atoms. The number of rotatable bonds is 2. The second-order valence-electron chi connectivity index (χ2n) is 3.75. The lowest BCUT2D eigenvalue weighted by molar-refractivity contribution is -0.262. The maximum atomic E-state index is 12.3. The van der Waals surface area contributed by atoms with Crippen molar-refractivity contribution in [3.05, 3.63) is 29.8 Å². The number of hydrogen-bond acceptors (Lipinski definition) is 2. The largest absolute Gasteiger partial charge is 0.449 e. The molecular formula is C11H8F6OS. The number of hydrogen-bond donors (Lipinski definition) is 0. The summed E-state index contributed by atoms with van der Waals surface area (Å²) in [5, 5.41) is -1.57. The van der Waals surface area contributed by atoms with E-state index in [1.165, 1.54) is 24.3 Å². The van der Waals surface area contributed by atoms with Crippen molar-refractivity contribution in [1.82, 2.24) is 0 Å². The van der Waals surface area contributed by atoms with Crippen LogP contribution in [0.5, 0.6) is 5.75 Å². The highest BCUT2D eigenvalue weighted by Crippen LogP contribution is 2.40. The molecule has 106 valence electrons. The van der Waals surface area contributed by atoms with E-state index in [-0.39, 0.29) is 5.75 Å². The molecule has 0 atom stereocenters. The zero-order valence-corrected chi connectivity index (χ0v) is 10.3. The molecule has 1 nitrogen and oxygen atoms in total. The van der Waals surface area contributed by atoms with E-state index in [1.54, 1.807) is 6.92 Å². The van der Waals surface area contributed by atoms with E-state index in [1.807, 2.05) is 0 Å². The van der Waals surface area contributed by atoms with Crippen LogP contribution in [0, 0.1) is 12.8 Å². The van der Waals surface area contributed by atoms with Gasteiger partial charge in [0, 0.05) is 0 Å². The van der Waals surface area contributed by atoms with Crippen LogP contribution in [0.1, 0.15) is 5.56 Å². The Kier molecular flexibility index (Phi) is 4.44. The number of thiocarbonyl (C=S) groups is 1. The van der Waals surface area contributed by atoms with Gasteiger partial charge in [0.05, 0.1) is 0 Å². The molecule has 0 amide bonds. The molecule has 1 aromatic carbocycles. The van der Waals surface area contributed by atoms with Crippen LogP contribution in [0.2, 0.25) is 0 Å². The fourth-order valence-corrected chi connectivity index (χ4v) is 1.60. The molecule has 0 fully saturated rings. The lowest BCUT2D eigenvalue weighted by Gasteiger charge is -2.23. The van der Waals surface area contributed by atoms with Gasteiger partial charge in [-0.15, -0.1) is 0 Å². The molecule has 0 aromatic heterocycles. The van der Waals surface area contributed by atoms with E-state index in [4.69, 9.17) is 0 Å². The van der Waals surface area contributed by atoms with Crippen molar-refractivity contribution in [2.45, 2.75) is 19.3 Å². The first kappa shape index (κ1) is 15.7. The standard InChI is InChI=1S/C11H8F6OS/c1-6-2-4-7(5-3-6)18-9(19)8(10(12,13)14)11(15,16)17/h2-5,8H,1H3. The van der Waals surface area contributed by atoms with Crippen LogP contribution < -0.4 is 4.74 Å². The van der Waals surface area contributed by atoms with Crippen LogP contribution in [-0.2, 0) is 0 Å². The molecule has 0 heterocycles. The summed E-state index contributed by atoms with van der Waals surface area (Å²) in [4.78, 5) is 0. The van der Waals surface area contributed by atoms with Crippen molar-refractivity contribution in [1.29, 1.82) is 0 Å². The van der Waals surface area contributed by atoms with Crippen molar-refractivity contribution in [2.75, 3.05) is 0 Å². The lowest BCUT2D eigenvalue weighted by Crippen LogP contribution is -2.43. The maximum Gasteiger partial charge on any atom is 0.408 e. The minimum atomic E-state index is -5.54. The summed E-state index contributed by atoms with van der Waals surface area (Å²) in [6.45, 7) is 1.70. The number of halogens is 6. The third kappa shape index (κ3) is 4.38. The average molecular weight is 302 g/mol. The topological polar surface area (TPSA) is 9.23 Å². The molecule has 0 N–H and O–H groups in total. The van der Waals surface area contributed by atoms with Crippen molar-refractivity contribution < 1.29 is 31.1 Å². The zero-order valence-electron chi connectivity index (χ0n) is 9.47. The molecule has 0 spiro atoms. The Hall–Kier alpha value is -1.31. The zero-order chi connectivity index (χ0) is 14.8. The molecule has 0 bridgehead atoms. The third-order valence-corrected chi connectivity index (χ3v) is 2.45. The Bertz CT molecular complexity index is 434. The van der Waals surface area contributed by atoms with Crippen molar-refractivity contribution in [3.63, 3.8) is 0 Å². The summed E-state index contributed by atoms with van der Waals surface area (Å²) in [7, 11) is 0. The summed E-state index contributed by atoms with van der Waals surface area (Å²) in [6.07, 6.45) is -11.1. The molecule has 0 aliphatic rings. The van der Waals surface area contributed by atoms with Gasteiger partial charge in [-0.2, -0.15) is 26.3 Å². The number of benzene rings is 1. The van der Waals surface area contributed by atoms with Crippen LogP contribution in [0.4, 0.5) is 26.3 Å². The summed E-state index contributed by atoms with van der Waals surface area (Å²) in [5.41, 5.74) is 0.779. The van der Waals surface area contributed by atoms with Gasteiger partial charge in [0.2, 0.25) is 5.92 Å². The van der Waals surface area contributed by atoms with Gasteiger partial charge in [-0.1, -0.05) is 17.7 Å². The van der Waals surface area contributed by atoms with E-state index >= 15 is 0 Å². The average Bonchev–Trinajstić information content (AvgIpc) is 2.16. The predicted molar refractivity (Wildman–Crippen MR) is 60.0 cm³/mol. The lowest BCUT2D eigenvalue weighted by atomic mass is 10.1. The summed E-state index contributed by atoms with van der Waals surface area (Å²) in [6, 6.07) is 5.44. The van der Waals surface area contributed by atoms with Crippen molar-refractivity contribution >= 4 is 17.3 Å². The predicted octanol–water partition coefficient (Wildman–Crippen LogP) is 4.44.